The third-order valence-corrected chi connectivity index (χ3v) is 2.42. The first-order valence-electron chi connectivity index (χ1n) is 7.26. The van der Waals surface area contributed by atoms with Crippen LogP contribution in [0.2, 0.25) is 0 Å². The molecule has 0 aromatic carbocycles. The molecule has 0 bridgehead atoms. The van der Waals surface area contributed by atoms with E-state index >= 15 is 0 Å². The van der Waals surface area contributed by atoms with E-state index in [0.29, 0.717) is 19.6 Å². The Morgan fingerprint density at radius 1 is 1.10 bits per heavy atom. The minimum atomic E-state index is -0.775. The normalized spacial score (nSPS) is 10.8. The van der Waals surface area contributed by atoms with Crippen molar-refractivity contribution in [2.45, 2.75) is 45.4 Å². The molecule has 0 aliphatic rings. The van der Waals surface area contributed by atoms with Crippen molar-refractivity contribution in [1.29, 1.82) is 0 Å². The predicted molar refractivity (Wildman–Crippen MR) is 82.8 cm³/mol. The van der Waals surface area contributed by atoms with E-state index in [2.05, 4.69) is 30.9 Å². The van der Waals surface area contributed by atoms with Crippen molar-refractivity contribution in [3.05, 3.63) is 42.2 Å². The van der Waals surface area contributed by atoms with Crippen LogP contribution in [-0.4, -0.2) is 24.3 Å². The van der Waals surface area contributed by atoms with Gasteiger partial charge in [0.15, 0.2) is 0 Å². The number of ether oxygens (including phenoxy) is 1. The fourth-order valence-electron chi connectivity index (χ4n) is 1.36. The summed E-state index contributed by atoms with van der Waals surface area (Å²) in [7, 11) is 0. The molecule has 0 saturated carbocycles. The first-order valence-corrected chi connectivity index (χ1v) is 7.26. The van der Waals surface area contributed by atoms with E-state index in [1.54, 1.807) is 6.08 Å². The first-order chi connectivity index (χ1) is 9.77. The van der Waals surface area contributed by atoms with E-state index < -0.39 is 5.97 Å². The maximum Gasteiger partial charge on any atom is 0.303 e. The lowest BCUT2D eigenvalue weighted by Gasteiger charge is -1.95. The lowest BCUT2D eigenvalue weighted by Crippen LogP contribution is -1.92. The van der Waals surface area contributed by atoms with Crippen molar-refractivity contribution in [2.24, 2.45) is 0 Å². The molecule has 0 aliphatic heterocycles. The lowest BCUT2D eigenvalue weighted by atomic mass is 10.3. The van der Waals surface area contributed by atoms with Crippen LogP contribution in [0.3, 0.4) is 0 Å². The molecule has 0 unspecified atom stereocenters. The third-order valence-electron chi connectivity index (χ3n) is 2.42. The zero-order valence-corrected chi connectivity index (χ0v) is 12.4. The molecule has 0 spiro atoms. The van der Waals surface area contributed by atoms with Crippen LogP contribution in [0, 0.1) is 0 Å². The van der Waals surface area contributed by atoms with Crippen molar-refractivity contribution >= 4 is 5.97 Å². The Balaban J connectivity index is 3.37. The van der Waals surface area contributed by atoms with Gasteiger partial charge in [-0.3, -0.25) is 4.79 Å². The SMILES string of the molecule is CCCC=CCC=CCOCCC=C=CCCC(=O)O. The van der Waals surface area contributed by atoms with E-state index in [4.69, 9.17) is 9.84 Å². The fourth-order valence-corrected chi connectivity index (χ4v) is 1.36. The number of carboxylic acids is 1. The molecule has 0 heterocycles. The van der Waals surface area contributed by atoms with Gasteiger partial charge in [0.05, 0.1) is 13.2 Å². The number of allylic oxidation sites excluding steroid dienone is 3. The van der Waals surface area contributed by atoms with Crippen molar-refractivity contribution < 1.29 is 14.6 Å². The minimum Gasteiger partial charge on any atom is -0.481 e. The summed E-state index contributed by atoms with van der Waals surface area (Å²) in [6.45, 7) is 3.47. The maximum atomic E-state index is 10.2. The van der Waals surface area contributed by atoms with Gasteiger partial charge in [-0.05, 0) is 37.8 Å². The molecule has 0 aliphatic carbocycles. The number of carboxylic acid groups (broad SMARTS) is 1. The highest BCUT2D eigenvalue weighted by Gasteiger charge is 1.90. The molecule has 3 nitrogen and oxygen atoms in total. The summed E-state index contributed by atoms with van der Waals surface area (Å²) in [5, 5.41) is 8.43. The minimum absolute atomic E-state index is 0.162. The van der Waals surface area contributed by atoms with Gasteiger partial charge in [-0.15, -0.1) is 5.73 Å². The second-order valence-corrected chi connectivity index (χ2v) is 4.34. The van der Waals surface area contributed by atoms with Crippen molar-refractivity contribution in [3.63, 3.8) is 0 Å². The molecular weight excluding hydrogens is 252 g/mol. The van der Waals surface area contributed by atoms with Crippen LogP contribution < -0.4 is 0 Å². The molecule has 0 rings (SSSR count). The number of carbonyl (C=O) groups is 1. The molecular formula is C17H26O3. The summed E-state index contributed by atoms with van der Waals surface area (Å²) in [6, 6.07) is 0. The molecule has 0 atom stereocenters. The molecule has 1 N–H and O–H groups in total. The van der Waals surface area contributed by atoms with Crippen LogP contribution in [0.1, 0.15) is 45.4 Å². The standard InChI is InChI=1S/C17H26O3/c1-2-3-4-5-6-9-12-15-20-16-13-10-7-8-11-14-17(18)19/h4-5,8-10,12H,2-3,6,11,13-16H2,1H3,(H,18,19). The molecule has 0 radical (unpaired) electrons. The third kappa shape index (κ3) is 16.4. The maximum absolute atomic E-state index is 10.2. The number of unbranched alkanes of at least 4 members (excludes halogenated alkanes) is 1. The largest absolute Gasteiger partial charge is 0.481 e. The number of rotatable bonds is 12. The topological polar surface area (TPSA) is 46.5 Å². The first kappa shape index (κ1) is 18.4. The summed E-state index contributed by atoms with van der Waals surface area (Å²) < 4.78 is 5.42. The Kier molecular flexibility index (Phi) is 14.3. The van der Waals surface area contributed by atoms with Gasteiger partial charge in [0.2, 0.25) is 0 Å². The second-order valence-electron chi connectivity index (χ2n) is 4.34. The van der Waals surface area contributed by atoms with Gasteiger partial charge >= 0.3 is 5.97 Å². The Morgan fingerprint density at radius 3 is 2.60 bits per heavy atom. The molecule has 0 fully saturated rings. The van der Waals surface area contributed by atoms with Crippen molar-refractivity contribution in [2.75, 3.05) is 13.2 Å². The average Bonchev–Trinajstić information content (AvgIpc) is 2.43. The van der Waals surface area contributed by atoms with E-state index in [0.717, 1.165) is 19.3 Å². The number of hydrogen-bond donors (Lipinski definition) is 1. The van der Waals surface area contributed by atoms with Crippen molar-refractivity contribution in [1.82, 2.24) is 0 Å². The van der Waals surface area contributed by atoms with Gasteiger partial charge in [0, 0.05) is 6.42 Å². The van der Waals surface area contributed by atoms with Gasteiger partial charge in [-0.2, -0.15) is 0 Å². The van der Waals surface area contributed by atoms with Crippen LogP contribution in [0.5, 0.6) is 0 Å². The summed E-state index contributed by atoms with van der Waals surface area (Å²) in [5.74, 6) is -0.775. The van der Waals surface area contributed by atoms with Crippen LogP contribution >= 0.6 is 0 Å². The van der Waals surface area contributed by atoms with E-state index in [1.807, 2.05) is 12.2 Å². The highest BCUT2D eigenvalue weighted by molar-refractivity contribution is 5.66. The smallest absolute Gasteiger partial charge is 0.303 e. The van der Waals surface area contributed by atoms with Crippen LogP contribution in [0.4, 0.5) is 0 Å². The molecule has 0 amide bonds. The zero-order chi connectivity index (χ0) is 14.9. The summed E-state index contributed by atoms with van der Waals surface area (Å²) in [5.41, 5.74) is 2.95. The molecule has 20 heavy (non-hydrogen) atoms. The fraction of sp³-hybridized carbons (Fsp3) is 0.529. The highest BCUT2D eigenvalue weighted by Crippen LogP contribution is 1.93. The zero-order valence-electron chi connectivity index (χ0n) is 12.4. The Labute approximate surface area is 122 Å². The summed E-state index contributed by atoms with van der Waals surface area (Å²) in [6.07, 6.45) is 16.9. The molecule has 3 heteroatoms. The summed E-state index contributed by atoms with van der Waals surface area (Å²) >= 11 is 0. The van der Waals surface area contributed by atoms with Gasteiger partial charge < -0.3 is 9.84 Å². The highest BCUT2D eigenvalue weighted by atomic mass is 16.5. The van der Waals surface area contributed by atoms with Gasteiger partial charge in [-0.25, -0.2) is 0 Å². The van der Waals surface area contributed by atoms with Crippen molar-refractivity contribution in [3.8, 4) is 0 Å². The number of aliphatic carboxylic acids is 1. The van der Waals surface area contributed by atoms with Crippen LogP contribution in [0.15, 0.2) is 42.2 Å². The van der Waals surface area contributed by atoms with E-state index in [-0.39, 0.29) is 6.42 Å². The molecule has 112 valence electrons. The van der Waals surface area contributed by atoms with Crippen LogP contribution in [-0.2, 0) is 9.53 Å². The lowest BCUT2D eigenvalue weighted by molar-refractivity contribution is -0.136. The Bertz CT molecular complexity index is 347. The average molecular weight is 278 g/mol. The quantitative estimate of drug-likeness (QED) is 0.329. The monoisotopic (exact) mass is 278 g/mol. The summed E-state index contributed by atoms with van der Waals surface area (Å²) in [4.78, 5) is 10.2. The van der Waals surface area contributed by atoms with Gasteiger partial charge in [-0.1, -0.05) is 37.6 Å². The van der Waals surface area contributed by atoms with Gasteiger partial charge in [0.25, 0.3) is 0 Å². The molecule has 0 aromatic rings. The van der Waals surface area contributed by atoms with E-state index in [9.17, 15) is 4.79 Å². The van der Waals surface area contributed by atoms with Crippen LogP contribution in [0.25, 0.3) is 0 Å². The molecule has 0 saturated heterocycles. The Morgan fingerprint density at radius 2 is 1.85 bits per heavy atom. The van der Waals surface area contributed by atoms with E-state index in [1.165, 1.54) is 6.42 Å². The predicted octanol–water partition coefficient (Wildman–Crippen LogP) is 4.27. The second kappa shape index (κ2) is 15.5. The number of hydrogen-bond acceptors (Lipinski definition) is 2. The van der Waals surface area contributed by atoms with Gasteiger partial charge in [0.1, 0.15) is 0 Å². The Hall–Kier alpha value is -1.57. The molecule has 0 aromatic heterocycles.